The van der Waals surface area contributed by atoms with Crippen molar-refractivity contribution >= 4 is 11.7 Å². The summed E-state index contributed by atoms with van der Waals surface area (Å²) in [5, 5.41) is 3.03. The fourth-order valence-electron chi connectivity index (χ4n) is 4.06. The van der Waals surface area contributed by atoms with Crippen molar-refractivity contribution < 1.29 is 14.3 Å². The zero-order valence-electron chi connectivity index (χ0n) is 14.1. The maximum absolute atomic E-state index is 12.7. The van der Waals surface area contributed by atoms with Crippen molar-refractivity contribution in [1.82, 2.24) is 4.90 Å². The molecule has 5 heteroatoms. The van der Waals surface area contributed by atoms with E-state index in [0.717, 1.165) is 37.1 Å². The first kappa shape index (κ1) is 15.8. The lowest BCUT2D eigenvalue weighted by atomic mass is 9.75. The predicted molar refractivity (Wildman–Crippen MR) is 92.5 cm³/mol. The van der Waals surface area contributed by atoms with E-state index in [9.17, 15) is 4.79 Å². The fraction of sp³-hybridized carbons (Fsp3) is 0.632. The Hall–Kier alpha value is -1.75. The van der Waals surface area contributed by atoms with E-state index in [1.54, 1.807) is 0 Å². The molecule has 24 heavy (non-hydrogen) atoms. The van der Waals surface area contributed by atoms with E-state index in [1.807, 2.05) is 29.2 Å². The third-order valence-corrected chi connectivity index (χ3v) is 5.64. The Kier molecular flexibility index (Phi) is 4.35. The molecule has 0 atom stereocenters. The van der Waals surface area contributed by atoms with Crippen LogP contribution in [0.25, 0.3) is 0 Å². The monoisotopic (exact) mass is 330 g/mol. The molecule has 1 saturated heterocycles. The summed E-state index contributed by atoms with van der Waals surface area (Å²) in [4.78, 5) is 14.6. The number of anilines is 1. The third-order valence-electron chi connectivity index (χ3n) is 5.64. The molecule has 2 saturated carbocycles. The van der Waals surface area contributed by atoms with Crippen molar-refractivity contribution in [3.63, 3.8) is 0 Å². The number of rotatable bonds is 3. The van der Waals surface area contributed by atoms with Crippen LogP contribution in [0.2, 0.25) is 0 Å². The largest absolute Gasteiger partial charge is 0.490 e. The third kappa shape index (κ3) is 3.09. The second-order valence-electron chi connectivity index (χ2n) is 7.26. The van der Waals surface area contributed by atoms with Crippen molar-refractivity contribution in [2.24, 2.45) is 0 Å². The number of hydrogen-bond acceptors (Lipinski definition) is 3. The van der Waals surface area contributed by atoms with E-state index in [2.05, 4.69) is 5.32 Å². The Balaban J connectivity index is 1.36. The van der Waals surface area contributed by atoms with Gasteiger partial charge in [0.15, 0.2) is 0 Å². The number of nitrogens with zero attached hydrogens (tertiary/aromatic N) is 1. The molecule has 4 rings (SSSR count). The summed E-state index contributed by atoms with van der Waals surface area (Å²) in [6.45, 7) is 1.98. The van der Waals surface area contributed by atoms with E-state index in [4.69, 9.17) is 9.47 Å². The summed E-state index contributed by atoms with van der Waals surface area (Å²) >= 11 is 0. The Morgan fingerprint density at radius 2 is 1.92 bits per heavy atom. The molecule has 1 aromatic carbocycles. The van der Waals surface area contributed by atoms with E-state index < -0.39 is 0 Å². The van der Waals surface area contributed by atoms with Gasteiger partial charge in [-0.2, -0.15) is 0 Å². The zero-order valence-corrected chi connectivity index (χ0v) is 14.1. The summed E-state index contributed by atoms with van der Waals surface area (Å²) in [7, 11) is 0. The number of hydrogen-bond donors (Lipinski definition) is 1. The van der Waals surface area contributed by atoms with E-state index in [0.29, 0.717) is 25.9 Å². The van der Waals surface area contributed by atoms with Gasteiger partial charge in [-0.1, -0.05) is 0 Å². The van der Waals surface area contributed by atoms with Crippen LogP contribution in [-0.2, 0) is 4.74 Å². The van der Waals surface area contributed by atoms with Gasteiger partial charge in [0.25, 0.3) is 0 Å². The zero-order chi connectivity index (χ0) is 16.4. The highest BCUT2D eigenvalue weighted by Gasteiger charge is 2.46. The van der Waals surface area contributed by atoms with Crippen LogP contribution in [-0.4, -0.2) is 42.3 Å². The van der Waals surface area contributed by atoms with Crippen LogP contribution in [0.4, 0.5) is 10.5 Å². The molecule has 5 nitrogen and oxygen atoms in total. The molecule has 0 radical (unpaired) electrons. The molecule has 1 heterocycles. The van der Waals surface area contributed by atoms with Crippen molar-refractivity contribution in [3.05, 3.63) is 24.3 Å². The highest BCUT2D eigenvalue weighted by atomic mass is 16.5. The summed E-state index contributed by atoms with van der Waals surface area (Å²) in [5.41, 5.74) is 0.758. The second-order valence-corrected chi connectivity index (χ2v) is 7.26. The maximum Gasteiger partial charge on any atom is 0.322 e. The highest BCUT2D eigenvalue weighted by molar-refractivity contribution is 5.90. The molecule has 1 spiro atoms. The van der Waals surface area contributed by atoms with Crippen molar-refractivity contribution in [2.45, 2.75) is 56.6 Å². The smallest absolute Gasteiger partial charge is 0.322 e. The minimum Gasteiger partial charge on any atom is -0.490 e. The average molecular weight is 330 g/mol. The molecule has 0 bridgehead atoms. The number of morpholine rings is 1. The van der Waals surface area contributed by atoms with Crippen LogP contribution in [0.3, 0.4) is 0 Å². The van der Waals surface area contributed by atoms with Crippen molar-refractivity contribution in [3.8, 4) is 5.75 Å². The Labute approximate surface area is 143 Å². The van der Waals surface area contributed by atoms with Crippen LogP contribution < -0.4 is 10.1 Å². The molecule has 2 amide bonds. The first-order valence-electron chi connectivity index (χ1n) is 9.18. The lowest BCUT2D eigenvalue weighted by Crippen LogP contribution is -2.63. The van der Waals surface area contributed by atoms with Crippen molar-refractivity contribution in [2.75, 3.05) is 25.1 Å². The minimum atomic E-state index is -0.0616. The number of carbonyl (C=O) groups is 1. The summed E-state index contributed by atoms with van der Waals surface area (Å²) < 4.78 is 11.6. The van der Waals surface area contributed by atoms with E-state index >= 15 is 0 Å². The molecule has 1 aliphatic heterocycles. The quantitative estimate of drug-likeness (QED) is 0.917. The number of benzene rings is 1. The topological polar surface area (TPSA) is 50.8 Å². The first-order valence-corrected chi connectivity index (χ1v) is 9.18. The average Bonchev–Trinajstić information content (AvgIpc) is 3.08. The van der Waals surface area contributed by atoms with Gasteiger partial charge in [-0.05, 0) is 69.2 Å². The SMILES string of the molecule is O=C(Nc1ccc(OC2CCCC2)cc1)N1CCOCC12CCC2. The molecule has 3 aliphatic rings. The van der Waals surface area contributed by atoms with Gasteiger partial charge in [-0.25, -0.2) is 4.79 Å². The van der Waals surface area contributed by atoms with Crippen LogP contribution >= 0.6 is 0 Å². The van der Waals surface area contributed by atoms with E-state index in [1.165, 1.54) is 19.3 Å². The predicted octanol–water partition coefficient (Wildman–Crippen LogP) is 3.79. The fourth-order valence-corrected chi connectivity index (χ4v) is 4.06. The van der Waals surface area contributed by atoms with Gasteiger partial charge >= 0.3 is 6.03 Å². The Morgan fingerprint density at radius 3 is 2.58 bits per heavy atom. The normalized spacial score (nSPS) is 23.1. The summed E-state index contributed by atoms with van der Waals surface area (Å²) in [5.74, 6) is 0.890. The first-order chi connectivity index (χ1) is 11.8. The van der Waals surface area contributed by atoms with Gasteiger partial charge in [0.1, 0.15) is 5.75 Å². The molecule has 1 N–H and O–H groups in total. The molecule has 2 aliphatic carbocycles. The molecule has 130 valence electrons. The van der Waals surface area contributed by atoms with Gasteiger partial charge in [-0.3, -0.25) is 0 Å². The molecular formula is C19H26N2O3. The van der Waals surface area contributed by atoms with Crippen molar-refractivity contribution in [1.29, 1.82) is 0 Å². The lowest BCUT2D eigenvalue weighted by Gasteiger charge is -2.52. The van der Waals surface area contributed by atoms with Gasteiger partial charge in [0.2, 0.25) is 0 Å². The number of ether oxygens (including phenoxy) is 2. The molecule has 3 fully saturated rings. The van der Waals surface area contributed by atoms with Gasteiger partial charge in [-0.15, -0.1) is 0 Å². The van der Waals surface area contributed by atoms with E-state index in [-0.39, 0.29) is 11.6 Å². The lowest BCUT2D eigenvalue weighted by molar-refractivity contribution is -0.0804. The number of urea groups is 1. The number of nitrogens with one attached hydrogen (secondary N) is 1. The van der Waals surface area contributed by atoms with Gasteiger partial charge < -0.3 is 19.7 Å². The standard InChI is InChI=1S/C19H26N2O3/c22-18(21-12-13-23-14-19(21)10-3-11-19)20-15-6-8-17(9-7-15)24-16-4-1-2-5-16/h6-9,16H,1-5,10-14H2,(H,20,22). The maximum atomic E-state index is 12.7. The molecule has 0 aromatic heterocycles. The van der Waals surface area contributed by atoms with Crippen LogP contribution in [0.5, 0.6) is 5.75 Å². The summed E-state index contributed by atoms with van der Waals surface area (Å²) in [6, 6.07) is 7.74. The Bertz CT molecular complexity index is 577. The molecular weight excluding hydrogens is 304 g/mol. The number of carbonyl (C=O) groups excluding carboxylic acids is 1. The molecule has 0 unspecified atom stereocenters. The van der Waals surface area contributed by atoms with Crippen LogP contribution in [0.15, 0.2) is 24.3 Å². The van der Waals surface area contributed by atoms with Crippen LogP contribution in [0, 0.1) is 0 Å². The number of amides is 2. The van der Waals surface area contributed by atoms with Gasteiger partial charge in [0.05, 0.1) is 24.9 Å². The minimum absolute atomic E-state index is 0.0116. The van der Waals surface area contributed by atoms with Gasteiger partial charge in [0, 0.05) is 12.2 Å². The van der Waals surface area contributed by atoms with Crippen LogP contribution in [0.1, 0.15) is 44.9 Å². The summed E-state index contributed by atoms with van der Waals surface area (Å²) in [6.07, 6.45) is 8.47. The second kappa shape index (κ2) is 6.63. The molecule has 1 aromatic rings. The Morgan fingerprint density at radius 1 is 1.17 bits per heavy atom. The highest BCUT2D eigenvalue weighted by Crippen LogP contribution is 2.40.